The molecule has 98 valence electrons. The summed E-state index contributed by atoms with van der Waals surface area (Å²) < 4.78 is 5.28. The van der Waals surface area contributed by atoms with Gasteiger partial charge in [0.1, 0.15) is 5.69 Å². The molecule has 1 fully saturated rings. The molecule has 2 rings (SSSR count). The van der Waals surface area contributed by atoms with Crippen molar-refractivity contribution in [2.75, 3.05) is 44.7 Å². The number of carbonyl (C=O) groups excluding carboxylic acids is 1. The minimum atomic E-state index is -0.508. The Morgan fingerprint density at radius 3 is 3.00 bits per heavy atom. The van der Waals surface area contributed by atoms with Crippen molar-refractivity contribution in [1.29, 1.82) is 0 Å². The molecule has 0 atom stereocenters. The lowest BCUT2D eigenvalue weighted by atomic mass is 10.3. The SMILES string of the molecule is NC(=O)c1cc(NCCN2CCOCC2)ccn1. The Kier molecular flexibility index (Phi) is 4.49. The lowest BCUT2D eigenvalue weighted by molar-refractivity contribution is 0.0398. The molecule has 3 N–H and O–H groups in total. The van der Waals surface area contributed by atoms with Gasteiger partial charge < -0.3 is 15.8 Å². The number of amides is 1. The lowest BCUT2D eigenvalue weighted by Crippen LogP contribution is -2.39. The molecule has 0 bridgehead atoms. The maximum Gasteiger partial charge on any atom is 0.267 e. The summed E-state index contributed by atoms with van der Waals surface area (Å²) in [6.07, 6.45) is 1.58. The van der Waals surface area contributed by atoms with E-state index < -0.39 is 5.91 Å². The number of morpholine rings is 1. The summed E-state index contributed by atoms with van der Waals surface area (Å²) >= 11 is 0. The van der Waals surface area contributed by atoms with Crippen LogP contribution in [-0.2, 0) is 4.74 Å². The monoisotopic (exact) mass is 250 g/mol. The second kappa shape index (κ2) is 6.32. The van der Waals surface area contributed by atoms with Gasteiger partial charge in [-0.15, -0.1) is 0 Å². The lowest BCUT2D eigenvalue weighted by Gasteiger charge is -2.26. The van der Waals surface area contributed by atoms with E-state index in [9.17, 15) is 4.79 Å². The van der Waals surface area contributed by atoms with Crippen molar-refractivity contribution in [3.63, 3.8) is 0 Å². The average Bonchev–Trinajstić information content (AvgIpc) is 2.40. The fourth-order valence-electron chi connectivity index (χ4n) is 1.86. The Balaban J connectivity index is 1.78. The van der Waals surface area contributed by atoms with Gasteiger partial charge in [0, 0.05) is 38.1 Å². The highest BCUT2D eigenvalue weighted by Crippen LogP contribution is 2.07. The highest BCUT2D eigenvalue weighted by molar-refractivity contribution is 5.91. The number of pyridine rings is 1. The molecule has 2 heterocycles. The molecule has 6 heteroatoms. The Hall–Kier alpha value is -1.66. The van der Waals surface area contributed by atoms with E-state index in [-0.39, 0.29) is 5.69 Å². The Bertz CT molecular complexity index is 405. The van der Waals surface area contributed by atoms with E-state index in [2.05, 4.69) is 15.2 Å². The van der Waals surface area contributed by atoms with E-state index >= 15 is 0 Å². The summed E-state index contributed by atoms with van der Waals surface area (Å²) in [5.41, 5.74) is 6.33. The van der Waals surface area contributed by atoms with Crippen molar-refractivity contribution >= 4 is 11.6 Å². The summed E-state index contributed by atoms with van der Waals surface area (Å²) in [6.45, 7) is 5.34. The predicted octanol–water partition coefficient (Wildman–Crippen LogP) is -0.0754. The van der Waals surface area contributed by atoms with Gasteiger partial charge >= 0.3 is 0 Å². The van der Waals surface area contributed by atoms with Crippen molar-refractivity contribution in [2.24, 2.45) is 5.73 Å². The van der Waals surface area contributed by atoms with Crippen LogP contribution in [0.3, 0.4) is 0 Å². The zero-order chi connectivity index (χ0) is 12.8. The standard InChI is InChI=1S/C12H18N4O2/c13-12(17)11-9-10(1-2-15-11)14-3-4-16-5-7-18-8-6-16/h1-2,9H,3-8H2,(H2,13,17)(H,14,15). The summed E-state index contributed by atoms with van der Waals surface area (Å²) in [7, 11) is 0. The van der Waals surface area contributed by atoms with Crippen molar-refractivity contribution in [1.82, 2.24) is 9.88 Å². The fourth-order valence-corrected chi connectivity index (χ4v) is 1.86. The molecule has 0 spiro atoms. The summed E-state index contributed by atoms with van der Waals surface area (Å²) in [4.78, 5) is 17.2. The molecule has 1 amide bonds. The van der Waals surface area contributed by atoms with Gasteiger partial charge in [-0.2, -0.15) is 0 Å². The van der Waals surface area contributed by atoms with Gasteiger partial charge in [0.25, 0.3) is 5.91 Å². The summed E-state index contributed by atoms with van der Waals surface area (Å²) in [6, 6.07) is 3.49. The number of aromatic nitrogens is 1. The maximum absolute atomic E-state index is 11.0. The molecule has 1 saturated heterocycles. The van der Waals surface area contributed by atoms with Crippen LogP contribution in [0.5, 0.6) is 0 Å². The zero-order valence-corrected chi connectivity index (χ0v) is 10.3. The molecule has 0 aliphatic carbocycles. The van der Waals surface area contributed by atoms with Crippen LogP contribution in [0.25, 0.3) is 0 Å². The first-order valence-corrected chi connectivity index (χ1v) is 6.05. The third-order valence-corrected chi connectivity index (χ3v) is 2.87. The fraction of sp³-hybridized carbons (Fsp3) is 0.500. The van der Waals surface area contributed by atoms with Crippen LogP contribution >= 0.6 is 0 Å². The molecule has 1 aliphatic heterocycles. The maximum atomic E-state index is 11.0. The molecule has 0 unspecified atom stereocenters. The van der Waals surface area contributed by atoms with E-state index in [1.165, 1.54) is 0 Å². The van der Waals surface area contributed by atoms with Crippen LogP contribution in [0.15, 0.2) is 18.3 Å². The zero-order valence-electron chi connectivity index (χ0n) is 10.3. The van der Waals surface area contributed by atoms with Crippen molar-refractivity contribution in [3.8, 4) is 0 Å². The number of anilines is 1. The normalized spacial score (nSPS) is 16.4. The third-order valence-electron chi connectivity index (χ3n) is 2.87. The Morgan fingerprint density at radius 1 is 1.50 bits per heavy atom. The number of ether oxygens (including phenoxy) is 1. The van der Waals surface area contributed by atoms with E-state index in [1.54, 1.807) is 12.3 Å². The highest BCUT2D eigenvalue weighted by atomic mass is 16.5. The number of hydrogen-bond acceptors (Lipinski definition) is 5. The van der Waals surface area contributed by atoms with Gasteiger partial charge in [0.15, 0.2) is 0 Å². The van der Waals surface area contributed by atoms with Crippen LogP contribution < -0.4 is 11.1 Å². The molecular formula is C12H18N4O2. The number of nitrogens with zero attached hydrogens (tertiary/aromatic N) is 2. The summed E-state index contributed by atoms with van der Waals surface area (Å²) in [5, 5.41) is 3.26. The van der Waals surface area contributed by atoms with Gasteiger partial charge in [-0.05, 0) is 12.1 Å². The van der Waals surface area contributed by atoms with Crippen LogP contribution in [0.2, 0.25) is 0 Å². The third kappa shape index (κ3) is 3.68. The topological polar surface area (TPSA) is 80.5 Å². The molecule has 18 heavy (non-hydrogen) atoms. The van der Waals surface area contributed by atoms with Crippen LogP contribution in [0, 0.1) is 0 Å². The van der Waals surface area contributed by atoms with Gasteiger partial charge in [-0.3, -0.25) is 14.7 Å². The van der Waals surface area contributed by atoms with Gasteiger partial charge in [-0.25, -0.2) is 0 Å². The van der Waals surface area contributed by atoms with Crippen LogP contribution in [0.4, 0.5) is 5.69 Å². The first kappa shape index (κ1) is 12.8. The van der Waals surface area contributed by atoms with Crippen molar-refractivity contribution in [3.05, 3.63) is 24.0 Å². The van der Waals surface area contributed by atoms with Gasteiger partial charge in [0.05, 0.1) is 13.2 Å². The number of nitrogens with two attached hydrogens (primary N) is 1. The van der Waals surface area contributed by atoms with E-state index in [0.717, 1.165) is 45.1 Å². The second-order valence-electron chi connectivity index (χ2n) is 4.17. The second-order valence-corrected chi connectivity index (χ2v) is 4.17. The van der Waals surface area contributed by atoms with E-state index in [1.807, 2.05) is 6.07 Å². The molecule has 0 saturated carbocycles. The number of nitrogens with one attached hydrogen (secondary N) is 1. The quantitative estimate of drug-likeness (QED) is 0.764. The minimum absolute atomic E-state index is 0.284. The molecule has 0 radical (unpaired) electrons. The number of hydrogen-bond donors (Lipinski definition) is 2. The predicted molar refractivity (Wildman–Crippen MR) is 68.5 cm³/mol. The van der Waals surface area contributed by atoms with Gasteiger partial charge in [0.2, 0.25) is 0 Å². The molecule has 1 aliphatic rings. The number of carbonyl (C=O) groups is 1. The first-order chi connectivity index (χ1) is 8.75. The molecule has 6 nitrogen and oxygen atoms in total. The van der Waals surface area contributed by atoms with E-state index in [0.29, 0.717) is 0 Å². The minimum Gasteiger partial charge on any atom is -0.384 e. The number of rotatable bonds is 5. The van der Waals surface area contributed by atoms with Crippen molar-refractivity contribution < 1.29 is 9.53 Å². The largest absolute Gasteiger partial charge is 0.384 e. The molecule has 1 aromatic rings. The Morgan fingerprint density at radius 2 is 2.28 bits per heavy atom. The van der Waals surface area contributed by atoms with Crippen LogP contribution in [0.1, 0.15) is 10.5 Å². The van der Waals surface area contributed by atoms with E-state index in [4.69, 9.17) is 10.5 Å². The highest BCUT2D eigenvalue weighted by Gasteiger charge is 2.09. The summed E-state index contributed by atoms with van der Waals surface area (Å²) in [5.74, 6) is -0.508. The number of primary amides is 1. The molecule has 0 aromatic carbocycles. The van der Waals surface area contributed by atoms with Gasteiger partial charge in [-0.1, -0.05) is 0 Å². The smallest absolute Gasteiger partial charge is 0.267 e. The van der Waals surface area contributed by atoms with Crippen LogP contribution in [-0.4, -0.2) is 55.2 Å². The molecular weight excluding hydrogens is 232 g/mol. The average molecular weight is 250 g/mol. The molecule has 1 aromatic heterocycles. The Labute approximate surface area is 106 Å². The first-order valence-electron chi connectivity index (χ1n) is 6.05. The van der Waals surface area contributed by atoms with Crippen molar-refractivity contribution in [2.45, 2.75) is 0 Å².